The number of carbonyl (C=O) groups excluding carboxylic acids is 1. The molecule has 368 valence electrons. The molecule has 5 saturated carbocycles. The Hall–Kier alpha value is -1.91. The average molecular weight is 911 g/mol. The Morgan fingerprint density at radius 1 is 1.03 bits per heavy atom. The predicted molar refractivity (Wildman–Crippen MR) is 250 cm³/mol. The quantitative estimate of drug-likeness (QED) is 0.111. The molecule has 13 heteroatoms. The number of aliphatic hydroxyl groups excluding tert-OH is 4. The zero-order valence-electron chi connectivity index (χ0n) is 40.2. The largest absolute Gasteiger partial charge is 0.396 e. The fraction of sp³-hybridized carbons (Fsp3) is 0.865. The van der Waals surface area contributed by atoms with Crippen molar-refractivity contribution in [2.45, 2.75) is 203 Å². The smallest absolute Gasteiger partial charge is 0.182 e. The summed E-state index contributed by atoms with van der Waals surface area (Å²) in [5, 5.41) is 94.8. The average Bonchev–Trinajstić information content (AvgIpc) is 3.59. The molecule has 12 N–H and O–H groups in total. The van der Waals surface area contributed by atoms with E-state index >= 15 is 4.79 Å². The SMILES string of the molecule is CCCC1CCC2OC3C(CCCCC3(O)C(C)(O)C3CCC4(O)C5=C(NCC(C)O)C(=O)C6CC(O)C(O)CC6(CCC6=C(CCCO)NC(N)C=C6)C5C(CNC)CC34C)C2CC1. The summed E-state index contributed by atoms with van der Waals surface area (Å²) in [7, 11) is 1.91. The molecule has 13 nitrogen and oxygen atoms in total. The molecule has 0 aromatic carbocycles. The minimum atomic E-state index is -1.67. The number of Topliss-reactive ketones (excluding diaryl/α,β-unsaturated/α-hetero) is 1. The molecular formula is C52H86N4O9. The van der Waals surface area contributed by atoms with Crippen LogP contribution in [-0.2, 0) is 9.53 Å². The van der Waals surface area contributed by atoms with Crippen LogP contribution < -0.4 is 21.7 Å². The Kier molecular flexibility index (Phi) is 14.6. The fourth-order valence-corrected chi connectivity index (χ4v) is 16.4. The number of hydrogen-bond donors (Lipinski definition) is 11. The highest BCUT2D eigenvalue weighted by Gasteiger charge is 2.75. The van der Waals surface area contributed by atoms with E-state index in [1.807, 2.05) is 26.1 Å². The number of aliphatic hydroxyl groups is 7. The Balaban J connectivity index is 1.22. The van der Waals surface area contributed by atoms with Gasteiger partial charge in [-0.1, -0.05) is 52.0 Å². The van der Waals surface area contributed by atoms with Crippen molar-refractivity contribution in [3.05, 3.63) is 34.7 Å². The van der Waals surface area contributed by atoms with Crippen LogP contribution in [0.1, 0.15) is 150 Å². The van der Waals surface area contributed by atoms with Gasteiger partial charge in [0.25, 0.3) is 0 Å². The van der Waals surface area contributed by atoms with Crippen molar-refractivity contribution in [3.8, 4) is 0 Å². The molecule has 6 fully saturated rings. The van der Waals surface area contributed by atoms with Crippen LogP contribution in [0.25, 0.3) is 0 Å². The van der Waals surface area contributed by atoms with Gasteiger partial charge < -0.3 is 62.2 Å². The van der Waals surface area contributed by atoms with Gasteiger partial charge in [-0.25, -0.2) is 0 Å². The number of ketones is 1. The maximum atomic E-state index is 15.5. The lowest BCUT2D eigenvalue weighted by Gasteiger charge is -2.65. The second-order valence-corrected chi connectivity index (χ2v) is 23.0. The monoisotopic (exact) mass is 911 g/mol. The Bertz CT molecular complexity index is 1820. The van der Waals surface area contributed by atoms with Crippen LogP contribution >= 0.6 is 0 Å². The van der Waals surface area contributed by atoms with Gasteiger partial charge in [-0.3, -0.25) is 4.79 Å². The molecule has 18 unspecified atom stereocenters. The minimum absolute atomic E-state index is 0.0314. The normalized spacial score (nSPS) is 45.3. The van der Waals surface area contributed by atoms with E-state index in [2.05, 4.69) is 29.8 Å². The number of nitrogens with two attached hydrogens (primary N) is 1. The third-order valence-corrected chi connectivity index (χ3v) is 19.4. The number of ether oxygens (including phenoxy) is 1. The highest BCUT2D eigenvalue weighted by molar-refractivity contribution is 6.00. The van der Waals surface area contributed by atoms with Crippen molar-refractivity contribution in [2.75, 3.05) is 26.7 Å². The van der Waals surface area contributed by atoms with Crippen molar-refractivity contribution in [3.63, 3.8) is 0 Å². The van der Waals surface area contributed by atoms with Crippen molar-refractivity contribution in [1.82, 2.24) is 16.0 Å². The van der Waals surface area contributed by atoms with E-state index in [-0.39, 0.29) is 68.0 Å². The summed E-state index contributed by atoms with van der Waals surface area (Å²) in [6.07, 6.45) is 13.6. The van der Waals surface area contributed by atoms with Crippen molar-refractivity contribution in [2.24, 2.45) is 58.0 Å². The molecule has 2 heterocycles. The molecule has 0 amide bonds. The molecule has 0 aromatic heterocycles. The minimum Gasteiger partial charge on any atom is -0.396 e. The summed E-state index contributed by atoms with van der Waals surface area (Å²) in [6, 6.07) is 0. The second-order valence-electron chi connectivity index (χ2n) is 23.0. The highest BCUT2D eigenvalue weighted by Crippen LogP contribution is 2.72. The zero-order valence-corrected chi connectivity index (χ0v) is 40.2. The van der Waals surface area contributed by atoms with Crippen LogP contribution in [0.2, 0.25) is 0 Å². The van der Waals surface area contributed by atoms with E-state index < -0.39 is 69.8 Å². The fourth-order valence-electron chi connectivity index (χ4n) is 16.4. The van der Waals surface area contributed by atoms with Crippen LogP contribution in [0.4, 0.5) is 0 Å². The lowest BCUT2D eigenvalue weighted by atomic mass is 9.41. The lowest BCUT2D eigenvalue weighted by molar-refractivity contribution is -0.254. The van der Waals surface area contributed by atoms with Crippen molar-refractivity contribution < 1.29 is 45.3 Å². The van der Waals surface area contributed by atoms with Gasteiger partial charge >= 0.3 is 0 Å². The molecule has 8 aliphatic rings. The van der Waals surface area contributed by atoms with E-state index in [1.54, 1.807) is 6.92 Å². The molecule has 6 aliphatic carbocycles. The Morgan fingerprint density at radius 3 is 2.52 bits per heavy atom. The third kappa shape index (κ3) is 8.33. The highest BCUT2D eigenvalue weighted by atomic mass is 16.5. The van der Waals surface area contributed by atoms with E-state index in [9.17, 15) is 35.7 Å². The molecule has 65 heavy (non-hydrogen) atoms. The predicted octanol–water partition coefficient (Wildman–Crippen LogP) is 4.21. The van der Waals surface area contributed by atoms with Crippen LogP contribution in [0.15, 0.2) is 34.7 Å². The van der Waals surface area contributed by atoms with E-state index in [4.69, 9.17) is 10.5 Å². The number of carbonyl (C=O) groups is 1. The van der Waals surface area contributed by atoms with E-state index in [0.717, 1.165) is 49.8 Å². The topological polar surface area (TPSA) is 230 Å². The molecule has 8 rings (SSSR count). The summed E-state index contributed by atoms with van der Waals surface area (Å²) >= 11 is 0. The van der Waals surface area contributed by atoms with Gasteiger partial charge in [-0.05, 0) is 175 Å². The number of dihydropyridines is 1. The first-order valence-corrected chi connectivity index (χ1v) is 26.0. The first-order valence-electron chi connectivity index (χ1n) is 26.0. The van der Waals surface area contributed by atoms with Crippen LogP contribution in [0.5, 0.6) is 0 Å². The molecule has 18 atom stereocenters. The van der Waals surface area contributed by atoms with Crippen LogP contribution in [0, 0.1) is 52.3 Å². The van der Waals surface area contributed by atoms with Gasteiger partial charge in [-0.2, -0.15) is 0 Å². The maximum absolute atomic E-state index is 15.5. The van der Waals surface area contributed by atoms with E-state index in [0.29, 0.717) is 68.9 Å². The maximum Gasteiger partial charge on any atom is 0.182 e. The van der Waals surface area contributed by atoms with E-state index in [1.165, 1.54) is 19.3 Å². The van der Waals surface area contributed by atoms with Gasteiger partial charge in [0.2, 0.25) is 0 Å². The van der Waals surface area contributed by atoms with Crippen molar-refractivity contribution in [1.29, 1.82) is 0 Å². The summed E-state index contributed by atoms with van der Waals surface area (Å²) in [5.41, 5.74) is 2.43. The molecule has 0 aromatic rings. The number of hydrogen-bond acceptors (Lipinski definition) is 13. The summed E-state index contributed by atoms with van der Waals surface area (Å²) in [6.45, 7) is 8.45. The molecule has 2 aliphatic heterocycles. The zero-order chi connectivity index (χ0) is 46.7. The number of nitrogens with one attached hydrogen (secondary N) is 3. The van der Waals surface area contributed by atoms with Gasteiger partial charge in [0, 0.05) is 30.2 Å². The first-order chi connectivity index (χ1) is 30.9. The van der Waals surface area contributed by atoms with Gasteiger partial charge in [0.15, 0.2) is 5.78 Å². The standard InChI is InChI=1S/C52H86N4O9/c1-6-10-31-13-16-34-35-11-7-8-21-52(64,47(35)65-40(34)17-14-31)49(4,62)41-20-23-51(63)44-43(33(29-54-5)26-48(41,51)3)50(22-19-32-15-18-42(53)56-37(32)12-9-24-57)27-39(60)38(59)25-36(50)46(61)45(44)55-28-30(2)58/h15,18,30-31,33-36,38-43,47,54-60,62-64H,6-14,16-17,19-29,53H2,1-5H3. The molecule has 0 bridgehead atoms. The van der Waals surface area contributed by atoms with Crippen LogP contribution in [0.3, 0.4) is 0 Å². The number of fused-ring (bicyclic) bond motifs is 8. The van der Waals surface area contributed by atoms with Crippen LogP contribution in [-0.4, -0.2) is 122 Å². The molecule has 0 spiro atoms. The molecule has 1 saturated heterocycles. The second kappa shape index (κ2) is 19.1. The lowest BCUT2D eigenvalue weighted by Crippen LogP contribution is -2.70. The molecule has 0 radical (unpaired) electrons. The van der Waals surface area contributed by atoms with Crippen molar-refractivity contribution >= 4 is 5.78 Å². The summed E-state index contributed by atoms with van der Waals surface area (Å²) in [4.78, 5) is 15.5. The van der Waals surface area contributed by atoms with Gasteiger partial charge in [0.05, 0.1) is 53.6 Å². The first kappa shape index (κ1) is 49.5. The number of allylic oxidation sites excluding steroid dienone is 4. The summed E-state index contributed by atoms with van der Waals surface area (Å²) in [5.74, 6) is -0.882. The molecular weight excluding hydrogens is 825 g/mol. The van der Waals surface area contributed by atoms with Gasteiger partial charge in [0.1, 0.15) is 5.60 Å². The summed E-state index contributed by atoms with van der Waals surface area (Å²) < 4.78 is 7.10. The Morgan fingerprint density at radius 2 is 1.80 bits per heavy atom. The van der Waals surface area contributed by atoms with Gasteiger partial charge in [-0.15, -0.1) is 0 Å². The third-order valence-electron chi connectivity index (χ3n) is 19.4. The Labute approximate surface area is 388 Å². The number of rotatable bonds is 15.